The number of nitrogens with one attached hydrogen (secondary N) is 1. The van der Waals surface area contributed by atoms with Crippen LogP contribution in [0.25, 0.3) is 0 Å². The van der Waals surface area contributed by atoms with Crippen LogP contribution in [0.5, 0.6) is 0 Å². The second kappa shape index (κ2) is 7.40. The SMILES string of the molecule is CCOC(=O)c1c(NC(=O)c2ccc(C(C)C)cc2)sc2c1CCC2. The molecule has 0 spiro atoms. The maximum Gasteiger partial charge on any atom is 0.341 e. The molecule has 1 aliphatic carbocycles. The van der Waals surface area contributed by atoms with E-state index in [1.54, 1.807) is 6.92 Å². The molecule has 0 bridgehead atoms. The van der Waals surface area contributed by atoms with Gasteiger partial charge in [-0.05, 0) is 55.4 Å². The fraction of sp³-hybridized carbons (Fsp3) is 0.400. The Morgan fingerprint density at radius 3 is 2.56 bits per heavy atom. The second-order valence-electron chi connectivity index (χ2n) is 6.51. The first kappa shape index (κ1) is 17.7. The molecule has 0 unspecified atom stereocenters. The van der Waals surface area contributed by atoms with E-state index in [1.807, 2.05) is 24.3 Å². The zero-order chi connectivity index (χ0) is 18.0. The third-order valence-electron chi connectivity index (χ3n) is 4.47. The van der Waals surface area contributed by atoms with Crippen molar-refractivity contribution in [2.45, 2.75) is 46.0 Å². The summed E-state index contributed by atoms with van der Waals surface area (Å²) in [7, 11) is 0. The zero-order valence-corrected chi connectivity index (χ0v) is 15.7. The highest BCUT2D eigenvalue weighted by Gasteiger charge is 2.28. The molecule has 0 saturated heterocycles. The Kier molecular flexibility index (Phi) is 5.23. The first-order valence-electron chi connectivity index (χ1n) is 8.74. The molecule has 1 aromatic heterocycles. The number of rotatable bonds is 5. The molecule has 0 fully saturated rings. The van der Waals surface area contributed by atoms with Gasteiger partial charge in [0.2, 0.25) is 0 Å². The number of benzene rings is 1. The summed E-state index contributed by atoms with van der Waals surface area (Å²) in [6, 6.07) is 7.60. The molecule has 0 radical (unpaired) electrons. The van der Waals surface area contributed by atoms with E-state index in [-0.39, 0.29) is 11.9 Å². The van der Waals surface area contributed by atoms with E-state index in [2.05, 4.69) is 19.2 Å². The van der Waals surface area contributed by atoms with Crippen molar-refractivity contribution in [2.24, 2.45) is 0 Å². The largest absolute Gasteiger partial charge is 0.462 e. The van der Waals surface area contributed by atoms with Crippen LogP contribution in [-0.4, -0.2) is 18.5 Å². The number of fused-ring (bicyclic) bond motifs is 1. The Balaban J connectivity index is 1.85. The van der Waals surface area contributed by atoms with E-state index in [0.717, 1.165) is 24.8 Å². The molecule has 0 aliphatic heterocycles. The van der Waals surface area contributed by atoms with Crippen LogP contribution in [0.4, 0.5) is 5.00 Å². The number of ether oxygens (including phenoxy) is 1. The van der Waals surface area contributed by atoms with Gasteiger partial charge < -0.3 is 10.1 Å². The Hall–Kier alpha value is -2.14. The Labute approximate surface area is 152 Å². The average molecular weight is 357 g/mol. The van der Waals surface area contributed by atoms with E-state index < -0.39 is 0 Å². The minimum absolute atomic E-state index is 0.194. The number of esters is 1. The highest BCUT2D eigenvalue weighted by atomic mass is 32.1. The Morgan fingerprint density at radius 2 is 1.92 bits per heavy atom. The minimum Gasteiger partial charge on any atom is -0.462 e. The molecule has 132 valence electrons. The summed E-state index contributed by atoms with van der Waals surface area (Å²) in [6.07, 6.45) is 2.89. The molecule has 0 saturated carbocycles. The summed E-state index contributed by atoms with van der Waals surface area (Å²) in [5.41, 5.74) is 3.38. The van der Waals surface area contributed by atoms with Gasteiger partial charge in [-0.15, -0.1) is 11.3 Å². The summed E-state index contributed by atoms with van der Waals surface area (Å²) in [4.78, 5) is 26.1. The lowest BCUT2D eigenvalue weighted by Gasteiger charge is -2.09. The number of carbonyl (C=O) groups is 2. The molecule has 1 N–H and O–H groups in total. The fourth-order valence-corrected chi connectivity index (χ4v) is 4.38. The summed E-state index contributed by atoms with van der Waals surface area (Å²) in [6.45, 7) is 6.36. The van der Waals surface area contributed by atoms with Crippen molar-refractivity contribution in [3.63, 3.8) is 0 Å². The number of amides is 1. The Bertz CT molecular complexity index is 790. The number of hydrogen-bond acceptors (Lipinski definition) is 4. The first-order valence-corrected chi connectivity index (χ1v) is 9.55. The van der Waals surface area contributed by atoms with Crippen LogP contribution in [0.1, 0.15) is 69.8 Å². The molecule has 5 heteroatoms. The topological polar surface area (TPSA) is 55.4 Å². The van der Waals surface area contributed by atoms with Gasteiger partial charge in [-0.3, -0.25) is 4.79 Å². The van der Waals surface area contributed by atoms with Crippen molar-refractivity contribution in [2.75, 3.05) is 11.9 Å². The van der Waals surface area contributed by atoms with E-state index in [0.29, 0.717) is 28.7 Å². The summed E-state index contributed by atoms with van der Waals surface area (Å²) in [5.74, 6) is -0.110. The van der Waals surface area contributed by atoms with Crippen molar-refractivity contribution < 1.29 is 14.3 Å². The maximum absolute atomic E-state index is 12.6. The van der Waals surface area contributed by atoms with Crippen molar-refractivity contribution >= 4 is 28.2 Å². The molecule has 2 aromatic rings. The third-order valence-corrected chi connectivity index (χ3v) is 5.67. The van der Waals surface area contributed by atoms with Crippen LogP contribution < -0.4 is 5.32 Å². The number of aryl methyl sites for hydroxylation is 1. The van der Waals surface area contributed by atoms with Crippen LogP contribution >= 0.6 is 11.3 Å². The van der Waals surface area contributed by atoms with Gasteiger partial charge >= 0.3 is 5.97 Å². The van der Waals surface area contributed by atoms with Crippen molar-refractivity contribution in [1.29, 1.82) is 0 Å². The smallest absolute Gasteiger partial charge is 0.341 e. The van der Waals surface area contributed by atoms with Gasteiger partial charge in [0.05, 0.1) is 12.2 Å². The van der Waals surface area contributed by atoms with Gasteiger partial charge in [-0.25, -0.2) is 4.79 Å². The van der Waals surface area contributed by atoms with Gasteiger partial charge in [0, 0.05) is 10.4 Å². The predicted octanol–water partition coefficient (Wildman–Crippen LogP) is 4.79. The van der Waals surface area contributed by atoms with Crippen molar-refractivity contribution in [3.05, 3.63) is 51.4 Å². The molecular formula is C20H23NO3S. The van der Waals surface area contributed by atoms with Crippen molar-refractivity contribution in [1.82, 2.24) is 0 Å². The molecule has 4 nitrogen and oxygen atoms in total. The standard InChI is InChI=1S/C20H23NO3S/c1-4-24-20(23)17-15-6-5-7-16(15)25-19(17)21-18(22)14-10-8-13(9-11-14)12(2)3/h8-12H,4-7H2,1-3H3,(H,21,22). The molecule has 25 heavy (non-hydrogen) atoms. The second-order valence-corrected chi connectivity index (χ2v) is 7.62. The molecule has 0 atom stereocenters. The van der Waals surface area contributed by atoms with E-state index >= 15 is 0 Å². The van der Waals surface area contributed by atoms with E-state index in [9.17, 15) is 9.59 Å². The minimum atomic E-state index is -0.340. The van der Waals surface area contributed by atoms with E-state index in [1.165, 1.54) is 21.8 Å². The number of carbonyl (C=O) groups excluding carboxylic acids is 2. The van der Waals surface area contributed by atoms with Crippen LogP contribution in [-0.2, 0) is 17.6 Å². The summed E-state index contributed by atoms with van der Waals surface area (Å²) >= 11 is 1.50. The van der Waals surface area contributed by atoms with E-state index in [4.69, 9.17) is 4.74 Å². The van der Waals surface area contributed by atoms with Crippen LogP contribution in [0, 0.1) is 0 Å². The first-order chi connectivity index (χ1) is 12.0. The fourth-order valence-electron chi connectivity index (χ4n) is 3.11. The van der Waals surface area contributed by atoms with Crippen LogP contribution in [0.3, 0.4) is 0 Å². The highest BCUT2D eigenvalue weighted by molar-refractivity contribution is 7.17. The van der Waals surface area contributed by atoms with Crippen LogP contribution in [0.2, 0.25) is 0 Å². The normalized spacial score (nSPS) is 13.0. The monoisotopic (exact) mass is 357 g/mol. The van der Waals surface area contributed by atoms with Gasteiger partial charge in [0.1, 0.15) is 5.00 Å². The highest BCUT2D eigenvalue weighted by Crippen LogP contribution is 2.39. The van der Waals surface area contributed by atoms with Gasteiger partial charge in [0.15, 0.2) is 0 Å². The number of thiophene rings is 1. The molecule has 1 aromatic carbocycles. The summed E-state index contributed by atoms with van der Waals surface area (Å²) < 4.78 is 5.20. The number of anilines is 1. The lowest BCUT2D eigenvalue weighted by Crippen LogP contribution is -2.15. The van der Waals surface area contributed by atoms with Gasteiger partial charge in [-0.2, -0.15) is 0 Å². The van der Waals surface area contributed by atoms with Crippen molar-refractivity contribution in [3.8, 4) is 0 Å². The molecule has 1 amide bonds. The molecule has 1 heterocycles. The molecular weight excluding hydrogens is 334 g/mol. The lowest BCUT2D eigenvalue weighted by molar-refractivity contribution is 0.0527. The van der Waals surface area contributed by atoms with Gasteiger partial charge in [0.25, 0.3) is 5.91 Å². The number of hydrogen-bond donors (Lipinski definition) is 1. The summed E-state index contributed by atoms with van der Waals surface area (Å²) in [5, 5.41) is 3.54. The lowest BCUT2D eigenvalue weighted by atomic mass is 10.0. The zero-order valence-electron chi connectivity index (χ0n) is 14.8. The Morgan fingerprint density at radius 1 is 1.20 bits per heavy atom. The van der Waals surface area contributed by atoms with Crippen LogP contribution in [0.15, 0.2) is 24.3 Å². The quantitative estimate of drug-likeness (QED) is 0.783. The van der Waals surface area contributed by atoms with Gasteiger partial charge in [-0.1, -0.05) is 26.0 Å². The third kappa shape index (κ3) is 3.61. The molecule has 1 aliphatic rings. The maximum atomic E-state index is 12.6. The molecule has 3 rings (SSSR count). The predicted molar refractivity (Wildman–Crippen MR) is 101 cm³/mol. The average Bonchev–Trinajstić information content (AvgIpc) is 3.15.